The molecule has 0 N–H and O–H groups in total. The van der Waals surface area contributed by atoms with Crippen LogP contribution in [0.5, 0.6) is 5.75 Å². The lowest BCUT2D eigenvalue weighted by Crippen LogP contribution is -2.28. The fourth-order valence-electron chi connectivity index (χ4n) is 4.90. The van der Waals surface area contributed by atoms with Crippen LogP contribution in [0.15, 0.2) is 70.7 Å². The van der Waals surface area contributed by atoms with E-state index in [1.54, 1.807) is 33.8 Å². The number of aryl methyl sites for hydroxylation is 1. The summed E-state index contributed by atoms with van der Waals surface area (Å²) in [4.78, 5) is 33.0. The normalized spacial score (nSPS) is 18.9. The van der Waals surface area contributed by atoms with Gasteiger partial charge in [-0.2, -0.15) is 0 Å². The number of nitrogens with zero attached hydrogens (tertiary/aromatic N) is 6. The molecule has 206 valence electrons. The van der Waals surface area contributed by atoms with Gasteiger partial charge in [-0.15, -0.1) is 16.4 Å². The first-order valence-electron chi connectivity index (χ1n) is 13.4. The number of amides is 1. The summed E-state index contributed by atoms with van der Waals surface area (Å²) in [6, 6.07) is 14.2. The van der Waals surface area contributed by atoms with Gasteiger partial charge in [-0.1, -0.05) is 11.3 Å². The highest BCUT2D eigenvalue weighted by molar-refractivity contribution is 7.14. The SMILES string of the molecule is Cc1ccc(C(=O)N=Cc2cn(-c3ccc(-n4ccccc4=O)cc3OCCCN3CCC4OC4CC3)nn2)s1. The smallest absolute Gasteiger partial charge is 0.287 e. The van der Waals surface area contributed by atoms with Gasteiger partial charge in [0.15, 0.2) is 0 Å². The number of carbonyl (C=O) groups is 1. The molecule has 6 rings (SSSR count). The molecule has 2 aliphatic heterocycles. The van der Waals surface area contributed by atoms with Gasteiger partial charge in [0.2, 0.25) is 0 Å². The number of fused-ring (bicyclic) bond motifs is 1. The Kier molecular flexibility index (Phi) is 7.67. The summed E-state index contributed by atoms with van der Waals surface area (Å²) in [6.45, 7) is 5.52. The summed E-state index contributed by atoms with van der Waals surface area (Å²) >= 11 is 1.40. The molecule has 0 aliphatic carbocycles. The lowest BCUT2D eigenvalue weighted by Gasteiger charge is -2.20. The zero-order valence-electron chi connectivity index (χ0n) is 22.2. The fourth-order valence-corrected chi connectivity index (χ4v) is 5.66. The monoisotopic (exact) mass is 558 g/mol. The molecule has 0 bridgehead atoms. The van der Waals surface area contributed by atoms with E-state index in [-0.39, 0.29) is 11.5 Å². The molecular formula is C29H30N6O4S. The van der Waals surface area contributed by atoms with Crippen LogP contribution in [0.2, 0.25) is 0 Å². The van der Waals surface area contributed by atoms with Crippen molar-refractivity contribution in [2.45, 2.75) is 38.4 Å². The molecule has 11 heteroatoms. The van der Waals surface area contributed by atoms with Crippen molar-refractivity contribution in [1.82, 2.24) is 24.5 Å². The van der Waals surface area contributed by atoms with E-state index in [1.807, 2.05) is 37.3 Å². The molecule has 40 heavy (non-hydrogen) atoms. The summed E-state index contributed by atoms with van der Waals surface area (Å²) in [5.41, 5.74) is 1.68. The maximum absolute atomic E-state index is 12.4. The van der Waals surface area contributed by atoms with E-state index in [2.05, 4.69) is 20.2 Å². The van der Waals surface area contributed by atoms with Crippen LogP contribution in [0.4, 0.5) is 0 Å². The molecule has 0 spiro atoms. The zero-order chi connectivity index (χ0) is 27.5. The van der Waals surface area contributed by atoms with Gasteiger partial charge in [-0.3, -0.25) is 14.2 Å². The van der Waals surface area contributed by atoms with Gasteiger partial charge in [-0.05, 0) is 56.5 Å². The first kappa shape index (κ1) is 26.3. The van der Waals surface area contributed by atoms with Crippen LogP contribution in [-0.2, 0) is 4.74 Å². The first-order valence-corrected chi connectivity index (χ1v) is 14.3. The average molecular weight is 559 g/mol. The van der Waals surface area contributed by atoms with Crippen molar-refractivity contribution in [2.75, 3.05) is 26.2 Å². The topological polar surface area (TPSA) is 107 Å². The standard InChI is InChI=1S/C29H30N6O4S/c1-20-6-9-27(40-20)29(37)30-18-21-19-35(32-31-21)23-8-7-22(34-13-3-2-5-28(34)36)17-26(23)38-16-4-12-33-14-10-24-25(39-24)11-15-33/h2-3,5-9,13,17-19,24-25H,4,10-12,14-16H2,1H3. The number of thiophene rings is 1. The van der Waals surface area contributed by atoms with Crippen LogP contribution < -0.4 is 10.3 Å². The molecular weight excluding hydrogens is 528 g/mol. The van der Waals surface area contributed by atoms with Gasteiger partial charge in [0.05, 0.1) is 41.8 Å². The first-order chi connectivity index (χ1) is 19.5. The number of epoxide rings is 1. The highest BCUT2D eigenvalue weighted by atomic mass is 32.1. The van der Waals surface area contributed by atoms with Crippen LogP contribution in [0.3, 0.4) is 0 Å². The Bertz CT molecular complexity index is 1580. The third kappa shape index (κ3) is 6.11. The largest absolute Gasteiger partial charge is 0.491 e. The number of rotatable bonds is 9. The number of benzene rings is 1. The lowest BCUT2D eigenvalue weighted by molar-refractivity contribution is 0.101. The molecule has 4 aromatic rings. The minimum Gasteiger partial charge on any atom is -0.491 e. The summed E-state index contributed by atoms with van der Waals surface area (Å²) in [5.74, 6) is 0.264. The molecule has 2 atom stereocenters. The van der Waals surface area contributed by atoms with E-state index >= 15 is 0 Å². The molecule has 0 saturated carbocycles. The molecule has 10 nitrogen and oxygen atoms in total. The van der Waals surface area contributed by atoms with Crippen molar-refractivity contribution >= 4 is 23.5 Å². The van der Waals surface area contributed by atoms with Gasteiger partial charge in [-0.25, -0.2) is 9.67 Å². The summed E-state index contributed by atoms with van der Waals surface area (Å²) in [5, 5.41) is 8.41. The number of aromatic nitrogens is 4. The van der Waals surface area contributed by atoms with Crippen LogP contribution in [0.1, 0.15) is 39.5 Å². The Morgan fingerprint density at radius 2 is 2.02 bits per heavy atom. The van der Waals surface area contributed by atoms with E-state index in [1.165, 1.54) is 23.6 Å². The van der Waals surface area contributed by atoms with E-state index in [0.29, 0.717) is 46.5 Å². The van der Waals surface area contributed by atoms with Gasteiger partial charge in [0, 0.05) is 42.8 Å². The highest BCUT2D eigenvalue weighted by Gasteiger charge is 2.40. The Balaban J connectivity index is 1.18. The molecule has 1 amide bonds. The van der Waals surface area contributed by atoms with Crippen molar-refractivity contribution in [2.24, 2.45) is 4.99 Å². The third-order valence-electron chi connectivity index (χ3n) is 7.09. The van der Waals surface area contributed by atoms with E-state index < -0.39 is 0 Å². The summed E-state index contributed by atoms with van der Waals surface area (Å²) in [6.07, 6.45) is 8.81. The van der Waals surface area contributed by atoms with Crippen molar-refractivity contribution < 1.29 is 14.3 Å². The molecule has 1 aromatic carbocycles. The summed E-state index contributed by atoms with van der Waals surface area (Å²) in [7, 11) is 0. The van der Waals surface area contributed by atoms with Gasteiger partial charge in [0.1, 0.15) is 17.1 Å². The number of ether oxygens (including phenoxy) is 2. The molecule has 2 aliphatic rings. The second-order valence-corrected chi connectivity index (χ2v) is 11.2. The maximum Gasteiger partial charge on any atom is 0.287 e. The summed E-state index contributed by atoms with van der Waals surface area (Å²) < 4.78 is 15.1. The number of pyridine rings is 1. The maximum atomic E-state index is 12.4. The minimum absolute atomic E-state index is 0.130. The quantitative estimate of drug-likeness (QED) is 0.175. The highest BCUT2D eigenvalue weighted by Crippen LogP contribution is 2.31. The number of carbonyl (C=O) groups excluding carboxylic acids is 1. The van der Waals surface area contributed by atoms with Crippen LogP contribution in [0, 0.1) is 6.92 Å². The fraction of sp³-hybridized carbons (Fsp3) is 0.345. The average Bonchev–Trinajstić information content (AvgIpc) is 3.37. The van der Waals surface area contributed by atoms with Crippen LogP contribution >= 0.6 is 11.3 Å². The number of likely N-dealkylation sites (tertiary alicyclic amines) is 1. The van der Waals surface area contributed by atoms with E-state index in [0.717, 1.165) is 43.8 Å². The molecule has 3 aromatic heterocycles. The lowest BCUT2D eigenvalue weighted by atomic mass is 10.2. The molecule has 2 saturated heterocycles. The second-order valence-electron chi connectivity index (χ2n) is 9.96. The Morgan fingerprint density at radius 3 is 2.80 bits per heavy atom. The predicted molar refractivity (Wildman–Crippen MR) is 152 cm³/mol. The number of hydrogen-bond donors (Lipinski definition) is 0. The van der Waals surface area contributed by atoms with Crippen LogP contribution in [-0.4, -0.2) is 75.0 Å². The Labute approximate surface area is 235 Å². The number of aliphatic imine (C=N–C) groups is 1. The van der Waals surface area contributed by atoms with Gasteiger partial charge in [0.25, 0.3) is 11.5 Å². The van der Waals surface area contributed by atoms with Gasteiger partial charge >= 0.3 is 0 Å². The molecule has 0 radical (unpaired) electrons. The zero-order valence-corrected chi connectivity index (χ0v) is 23.0. The molecule has 2 fully saturated rings. The van der Waals surface area contributed by atoms with E-state index in [4.69, 9.17) is 9.47 Å². The van der Waals surface area contributed by atoms with Crippen molar-refractivity contribution in [3.63, 3.8) is 0 Å². The van der Waals surface area contributed by atoms with Crippen molar-refractivity contribution in [1.29, 1.82) is 0 Å². The number of hydrogen-bond acceptors (Lipinski definition) is 8. The minimum atomic E-state index is -0.316. The van der Waals surface area contributed by atoms with Crippen LogP contribution in [0.25, 0.3) is 11.4 Å². The Morgan fingerprint density at radius 1 is 1.18 bits per heavy atom. The van der Waals surface area contributed by atoms with Crippen molar-refractivity contribution in [3.8, 4) is 17.1 Å². The molecule has 2 unspecified atom stereocenters. The van der Waals surface area contributed by atoms with Crippen molar-refractivity contribution in [3.05, 3.63) is 86.7 Å². The third-order valence-corrected chi connectivity index (χ3v) is 8.08. The van der Waals surface area contributed by atoms with Gasteiger partial charge < -0.3 is 14.4 Å². The molecule has 5 heterocycles. The Hall–Kier alpha value is -3.93. The second kappa shape index (κ2) is 11.7. The predicted octanol–water partition coefficient (Wildman–Crippen LogP) is 3.68. The van der Waals surface area contributed by atoms with E-state index in [9.17, 15) is 9.59 Å².